The Bertz CT molecular complexity index is 432. The zero-order valence-corrected chi connectivity index (χ0v) is 9.50. The van der Waals surface area contributed by atoms with E-state index in [-0.39, 0.29) is 12.7 Å². The fraction of sp³-hybridized carbons (Fsp3) is 0.417. The van der Waals surface area contributed by atoms with E-state index < -0.39 is 6.10 Å². The molecular formula is C12H16N2O2. The molecule has 2 heterocycles. The molecule has 4 nitrogen and oxygen atoms in total. The first-order valence-electron chi connectivity index (χ1n) is 5.40. The van der Waals surface area contributed by atoms with Crippen LogP contribution in [0.15, 0.2) is 30.6 Å². The predicted molar refractivity (Wildman–Crippen MR) is 61.2 cm³/mol. The van der Waals surface area contributed by atoms with Crippen molar-refractivity contribution in [2.45, 2.75) is 26.1 Å². The molecule has 4 heteroatoms. The number of rotatable bonds is 4. The Morgan fingerprint density at radius 2 is 2.25 bits per heavy atom. The Morgan fingerprint density at radius 1 is 1.44 bits per heavy atom. The number of imidazole rings is 1. The van der Waals surface area contributed by atoms with Crippen LogP contribution in [0.3, 0.4) is 0 Å². The van der Waals surface area contributed by atoms with Gasteiger partial charge in [0.2, 0.25) is 0 Å². The van der Waals surface area contributed by atoms with Crippen molar-refractivity contribution < 1.29 is 9.84 Å². The topological polar surface area (TPSA) is 46.8 Å². The molecular weight excluding hydrogens is 204 g/mol. The average molecular weight is 220 g/mol. The van der Waals surface area contributed by atoms with Crippen LogP contribution in [0.1, 0.15) is 25.6 Å². The lowest BCUT2D eigenvalue weighted by Gasteiger charge is -2.10. The predicted octanol–water partition coefficient (Wildman–Crippen LogP) is 1.79. The molecule has 1 N–H and O–H groups in total. The number of pyridine rings is 1. The van der Waals surface area contributed by atoms with Gasteiger partial charge >= 0.3 is 0 Å². The highest BCUT2D eigenvalue weighted by Gasteiger charge is 2.12. The third kappa shape index (κ3) is 2.40. The molecule has 0 spiro atoms. The molecule has 0 fully saturated rings. The number of nitrogens with zero attached hydrogens (tertiary/aromatic N) is 2. The number of aliphatic hydroxyl groups excluding tert-OH is 1. The summed E-state index contributed by atoms with van der Waals surface area (Å²) in [5.41, 5.74) is 1.48. The summed E-state index contributed by atoms with van der Waals surface area (Å²) in [6, 6.07) is 5.75. The van der Waals surface area contributed by atoms with E-state index in [0.717, 1.165) is 5.65 Å². The average Bonchev–Trinajstić information content (AvgIpc) is 2.69. The molecule has 0 amide bonds. The molecule has 0 bridgehead atoms. The lowest BCUT2D eigenvalue weighted by molar-refractivity contribution is 0.00346. The molecule has 86 valence electrons. The highest BCUT2D eigenvalue weighted by Crippen LogP contribution is 2.14. The van der Waals surface area contributed by atoms with Crippen LogP contribution in [0.25, 0.3) is 5.65 Å². The Labute approximate surface area is 94.5 Å². The maximum absolute atomic E-state index is 9.87. The van der Waals surface area contributed by atoms with Crippen LogP contribution < -0.4 is 0 Å². The van der Waals surface area contributed by atoms with E-state index in [9.17, 15) is 5.11 Å². The van der Waals surface area contributed by atoms with Gasteiger partial charge in [0.05, 0.1) is 18.4 Å². The summed E-state index contributed by atoms with van der Waals surface area (Å²) in [7, 11) is 0. The third-order valence-electron chi connectivity index (χ3n) is 2.31. The summed E-state index contributed by atoms with van der Waals surface area (Å²) < 4.78 is 7.24. The molecule has 0 aromatic carbocycles. The lowest BCUT2D eigenvalue weighted by Crippen LogP contribution is -2.12. The number of fused-ring (bicyclic) bond motifs is 1. The van der Waals surface area contributed by atoms with E-state index in [1.165, 1.54) is 0 Å². The maximum atomic E-state index is 9.87. The number of aliphatic hydroxyl groups is 1. The fourth-order valence-corrected chi connectivity index (χ4v) is 1.48. The minimum atomic E-state index is -0.665. The summed E-state index contributed by atoms with van der Waals surface area (Å²) in [5.74, 6) is 0. The van der Waals surface area contributed by atoms with Crippen LogP contribution >= 0.6 is 0 Å². The quantitative estimate of drug-likeness (QED) is 0.854. The van der Waals surface area contributed by atoms with Crippen molar-refractivity contribution in [1.82, 2.24) is 9.38 Å². The zero-order chi connectivity index (χ0) is 11.5. The van der Waals surface area contributed by atoms with Crippen LogP contribution in [-0.2, 0) is 4.74 Å². The maximum Gasteiger partial charge on any atom is 0.137 e. The molecule has 2 aromatic heterocycles. The van der Waals surface area contributed by atoms with E-state index in [0.29, 0.717) is 5.69 Å². The van der Waals surface area contributed by atoms with Gasteiger partial charge in [-0.1, -0.05) is 6.07 Å². The summed E-state index contributed by atoms with van der Waals surface area (Å²) >= 11 is 0. The molecule has 2 rings (SSSR count). The summed E-state index contributed by atoms with van der Waals surface area (Å²) in [5, 5.41) is 9.87. The molecule has 2 aromatic rings. The van der Waals surface area contributed by atoms with Gasteiger partial charge in [-0.2, -0.15) is 0 Å². The Morgan fingerprint density at radius 3 is 2.94 bits per heavy atom. The molecule has 0 aliphatic carbocycles. The van der Waals surface area contributed by atoms with E-state index in [2.05, 4.69) is 4.98 Å². The largest absolute Gasteiger partial charge is 0.384 e. The molecule has 1 unspecified atom stereocenters. The Kier molecular flexibility index (Phi) is 3.22. The molecule has 16 heavy (non-hydrogen) atoms. The van der Waals surface area contributed by atoms with Gasteiger partial charge in [-0.25, -0.2) is 4.98 Å². The van der Waals surface area contributed by atoms with Gasteiger partial charge in [0.15, 0.2) is 0 Å². The van der Waals surface area contributed by atoms with Crippen LogP contribution in [0, 0.1) is 0 Å². The van der Waals surface area contributed by atoms with E-state index in [1.54, 1.807) is 0 Å². The first-order chi connectivity index (χ1) is 7.66. The number of aromatic nitrogens is 2. The first kappa shape index (κ1) is 11.1. The third-order valence-corrected chi connectivity index (χ3v) is 2.31. The van der Waals surface area contributed by atoms with Crippen molar-refractivity contribution >= 4 is 5.65 Å². The van der Waals surface area contributed by atoms with Crippen LogP contribution in [0.5, 0.6) is 0 Å². The van der Waals surface area contributed by atoms with Crippen LogP contribution in [0.4, 0.5) is 0 Å². The molecule has 0 radical (unpaired) electrons. The molecule has 0 saturated carbocycles. The van der Waals surface area contributed by atoms with Gasteiger partial charge in [0, 0.05) is 12.4 Å². The van der Waals surface area contributed by atoms with E-state index >= 15 is 0 Å². The van der Waals surface area contributed by atoms with Crippen molar-refractivity contribution in [3.63, 3.8) is 0 Å². The van der Waals surface area contributed by atoms with Gasteiger partial charge < -0.3 is 14.2 Å². The smallest absolute Gasteiger partial charge is 0.137 e. The summed E-state index contributed by atoms with van der Waals surface area (Å²) in [6.45, 7) is 4.16. The van der Waals surface area contributed by atoms with Crippen molar-refractivity contribution in [2.24, 2.45) is 0 Å². The molecule has 0 saturated heterocycles. The Balaban J connectivity index is 2.13. The van der Waals surface area contributed by atoms with E-state index in [4.69, 9.17) is 4.74 Å². The SMILES string of the molecule is CC(C)OCC(O)c1cn2ccccc2n1. The first-order valence-corrected chi connectivity index (χ1v) is 5.40. The van der Waals surface area contributed by atoms with Gasteiger partial charge in [-0.3, -0.25) is 0 Å². The second-order valence-electron chi connectivity index (χ2n) is 4.03. The lowest BCUT2D eigenvalue weighted by atomic mass is 10.3. The molecule has 1 atom stereocenters. The minimum absolute atomic E-state index is 0.117. The zero-order valence-electron chi connectivity index (χ0n) is 9.50. The number of hydrogen-bond donors (Lipinski definition) is 1. The van der Waals surface area contributed by atoms with Crippen molar-refractivity contribution in [3.8, 4) is 0 Å². The second kappa shape index (κ2) is 4.63. The van der Waals surface area contributed by atoms with Gasteiger partial charge in [0.25, 0.3) is 0 Å². The number of hydrogen-bond acceptors (Lipinski definition) is 3. The van der Waals surface area contributed by atoms with Crippen LogP contribution in [-0.4, -0.2) is 27.2 Å². The monoisotopic (exact) mass is 220 g/mol. The van der Waals surface area contributed by atoms with Gasteiger partial charge in [-0.05, 0) is 26.0 Å². The highest BCUT2D eigenvalue weighted by atomic mass is 16.5. The van der Waals surface area contributed by atoms with Crippen molar-refractivity contribution in [3.05, 3.63) is 36.3 Å². The fourth-order valence-electron chi connectivity index (χ4n) is 1.48. The Hall–Kier alpha value is -1.39. The minimum Gasteiger partial charge on any atom is -0.384 e. The van der Waals surface area contributed by atoms with E-state index in [1.807, 2.05) is 48.8 Å². The van der Waals surface area contributed by atoms with Crippen molar-refractivity contribution in [2.75, 3.05) is 6.61 Å². The highest BCUT2D eigenvalue weighted by molar-refractivity contribution is 5.39. The van der Waals surface area contributed by atoms with Crippen LogP contribution in [0.2, 0.25) is 0 Å². The summed E-state index contributed by atoms with van der Waals surface area (Å²) in [6.07, 6.45) is 3.18. The summed E-state index contributed by atoms with van der Waals surface area (Å²) in [4.78, 5) is 4.32. The van der Waals surface area contributed by atoms with Gasteiger partial charge in [0.1, 0.15) is 11.8 Å². The second-order valence-corrected chi connectivity index (χ2v) is 4.03. The number of ether oxygens (including phenoxy) is 1. The molecule has 0 aliphatic heterocycles. The van der Waals surface area contributed by atoms with Crippen molar-refractivity contribution in [1.29, 1.82) is 0 Å². The normalized spacial score (nSPS) is 13.5. The standard InChI is InChI=1S/C12H16N2O2/c1-9(2)16-8-11(15)10-7-14-6-4-3-5-12(14)13-10/h3-7,9,11,15H,8H2,1-2H3. The van der Waals surface area contributed by atoms with Gasteiger partial charge in [-0.15, -0.1) is 0 Å². The molecule has 0 aliphatic rings.